The van der Waals surface area contributed by atoms with Crippen molar-refractivity contribution in [1.29, 1.82) is 0 Å². The lowest BCUT2D eigenvalue weighted by molar-refractivity contribution is 0.332. The molecule has 0 N–H and O–H groups in total. The fraction of sp³-hybridized carbons (Fsp3) is 0.352. The van der Waals surface area contributed by atoms with E-state index in [-0.39, 0.29) is 39.3 Å². The average molecular weight is 984 g/mol. The molecule has 0 radical (unpaired) electrons. The van der Waals surface area contributed by atoms with Crippen molar-refractivity contribution in [2.75, 3.05) is 9.71 Å². The van der Waals surface area contributed by atoms with Crippen LogP contribution in [0, 0.1) is 6.92 Å². The molecule has 1 aliphatic carbocycles. The van der Waals surface area contributed by atoms with Gasteiger partial charge in [-0.25, -0.2) is 0 Å². The lowest BCUT2D eigenvalue weighted by atomic mass is 9.43. The van der Waals surface area contributed by atoms with Gasteiger partial charge in [0.05, 0.1) is 11.0 Å². The maximum Gasteiger partial charge on any atom is 0.333 e. The van der Waals surface area contributed by atoms with E-state index < -0.39 is 0 Å². The molecule has 0 spiro atoms. The largest absolute Gasteiger partial charge is 0.376 e. The minimum atomic E-state index is -0.107. The van der Waals surface area contributed by atoms with Crippen molar-refractivity contribution in [1.82, 2.24) is 4.57 Å². The van der Waals surface area contributed by atoms with Gasteiger partial charge in [-0.05, 0) is 191 Å². The van der Waals surface area contributed by atoms with E-state index in [9.17, 15) is 0 Å². The van der Waals surface area contributed by atoms with Gasteiger partial charge in [0.2, 0.25) is 0 Å². The summed E-state index contributed by atoms with van der Waals surface area (Å²) >= 11 is 0. The highest BCUT2D eigenvalue weighted by Gasteiger charge is 2.47. The first kappa shape index (κ1) is 49.4. The van der Waals surface area contributed by atoms with Gasteiger partial charge in [0.15, 0.2) is 0 Å². The standard InChI is InChI=1S/C71H78BN3/c1-43-36-56-57(71(16,17)35-34-70(56,14)15)42-61(43)75-60-33-31-51(73(49-27-22-45(23-28-49)66(2,3)4)50-29-24-46(25-30-50)67(5,6)7)41-55(60)63-52-21-19-18-20-44(52)37-62-64(63)72(75)58-40-48(69(11,12)13)39-54-53-38-47(68(8,9)10)26-32-59(53)74(62)65(54)58/h18-33,36-42H,34-35H2,1-17H3. The number of benzene rings is 8. The summed E-state index contributed by atoms with van der Waals surface area (Å²) in [6, 6.07) is 55.5. The Kier molecular flexibility index (Phi) is 10.7. The van der Waals surface area contributed by atoms with E-state index in [0.717, 1.165) is 23.5 Å². The summed E-state index contributed by atoms with van der Waals surface area (Å²) in [7, 11) is 0. The van der Waals surface area contributed by atoms with Crippen molar-refractivity contribution in [3.8, 4) is 16.8 Å². The van der Waals surface area contributed by atoms with Gasteiger partial charge >= 0.3 is 6.85 Å². The summed E-state index contributed by atoms with van der Waals surface area (Å²) in [6.07, 6.45) is 2.34. The van der Waals surface area contributed by atoms with Crippen LogP contribution >= 0.6 is 0 Å². The van der Waals surface area contributed by atoms with Gasteiger partial charge in [0.1, 0.15) is 0 Å². The van der Waals surface area contributed by atoms with Gasteiger partial charge in [-0.3, -0.25) is 0 Å². The summed E-state index contributed by atoms with van der Waals surface area (Å²) in [4.78, 5) is 5.29. The molecule has 12 rings (SSSR count). The Hall–Kier alpha value is -6.52. The van der Waals surface area contributed by atoms with Crippen LogP contribution in [0.4, 0.5) is 28.4 Å². The Labute approximate surface area is 449 Å². The summed E-state index contributed by atoms with van der Waals surface area (Å²) in [5.41, 5.74) is 25.0. The molecule has 3 aliphatic rings. The number of aryl methyl sites for hydroxylation is 1. The monoisotopic (exact) mass is 984 g/mol. The molecule has 0 amide bonds. The minimum Gasteiger partial charge on any atom is -0.376 e. The number of nitrogens with zero attached hydrogens (tertiary/aromatic N) is 3. The van der Waals surface area contributed by atoms with Crippen molar-refractivity contribution < 1.29 is 0 Å². The molecule has 0 fully saturated rings. The molecule has 2 aliphatic heterocycles. The topological polar surface area (TPSA) is 11.4 Å². The molecule has 4 heteroatoms. The Morgan fingerprint density at radius 3 is 1.59 bits per heavy atom. The van der Waals surface area contributed by atoms with Crippen LogP contribution in [0.1, 0.15) is 163 Å². The fourth-order valence-corrected chi connectivity index (χ4v) is 13.2. The maximum atomic E-state index is 2.80. The lowest BCUT2D eigenvalue weighted by Crippen LogP contribution is -2.61. The molecule has 0 saturated carbocycles. The highest BCUT2D eigenvalue weighted by atomic mass is 15.1. The maximum absolute atomic E-state index is 2.80. The van der Waals surface area contributed by atoms with E-state index >= 15 is 0 Å². The van der Waals surface area contributed by atoms with Crippen LogP contribution in [0.5, 0.6) is 0 Å². The first-order chi connectivity index (χ1) is 35.1. The van der Waals surface area contributed by atoms with Gasteiger partial charge in [-0.15, -0.1) is 0 Å². The molecule has 0 unspecified atom stereocenters. The van der Waals surface area contributed by atoms with E-state index in [1.165, 1.54) is 117 Å². The number of fused-ring (bicyclic) bond motifs is 10. The zero-order valence-corrected chi connectivity index (χ0v) is 48.1. The third-order valence-corrected chi connectivity index (χ3v) is 17.9. The number of hydrogen-bond acceptors (Lipinski definition) is 2. The zero-order chi connectivity index (χ0) is 53.3. The van der Waals surface area contributed by atoms with Gasteiger partial charge in [0, 0.05) is 50.5 Å². The SMILES string of the molecule is Cc1cc2c(cc1N1B3c4c(cc5ccccc5c4-c4cc(N(c5ccc(C(C)(C)C)cc5)c5ccc(C(C)(C)C)cc5)ccc41)-n1c4ccc(C(C)(C)C)cc4c4cc(C(C)(C)C)cc3c41)C(C)(C)CCC2(C)C. The van der Waals surface area contributed by atoms with Crippen molar-refractivity contribution in [2.45, 2.75) is 163 Å². The van der Waals surface area contributed by atoms with E-state index in [1.807, 2.05) is 0 Å². The molecule has 8 aromatic carbocycles. The van der Waals surface area contributed by atoms with E-state index in [1.54, 1.807) is 0 Å². The number of rotatable bonds is 4. The Balaban J connectivity index is 1.22. The minimum absolute atomic E-state index is 0.000394. The zero-order valence-electron chi connectivity index (χ0n) is 48.1. The first-order valence-corrected chi connectivity index (χ1v) is 27.9. The highest BCUT2D eigenvalue weighted by molar-refractivity contribution is 6.94. The third-order valence-electron chi connectivity index (χ3n) is 17.9. The van der Waals surface area contributed by atoms with Crippen LogP contribution in [-0.4, -0.2) is 11.4 Å². The van der Waals surface area contributed by atoms with Crippen LogP contribution < -0.4 is 20.6 Å². The fourth-order valence-electron chi connectivity index (χ4n) is 13.2. The summed E-state index contributed by atoms with van der Waals surface area (Å²) in [5, 5.41) is 5.22. The quantitative estimate of drug-likeness (QED) is 0.163. The van der Waals surface area contributed by atoms with Gasteiger partial charge in [-0.1, -0.05) is 178 Å². The first-order valence-electron chi connectivity index (χ1n) is 27.9. The number of hydrogen-bond donors (Lipinski definition) is 0. The average Bonchev–Trinajstić information content (AvgIpc) is 3.75. The normalized spacial score (nSPS) is 15.9. The summed E-state index contributed by atoms with van der Waals surface area (Å²) in [5.74, 6) is 0. The van der Waals surface area contributed by atoms with Crippen LogP contribution in [0.2, 0.25) is 0 Å². The smallest absolute Gasteiger partial charge is 0.333 e. The van der Waals surface area contributed by atoms with Crippen molar-refractivity contribution >= 4 is 78.8 Å². The number of anilines is 5. The molecule has 3 nitrogen and oxygen atoms in total. The molecular formula is C71H78BN3. The van der Waals surface area contributed by atoms with E-state index in [2.05, 4.69) is 272 Å². The van der Waals surface area contributed by atoms with Crippen LogP contribution in [0.3, 0.4) is 0 Å². The van der Waals surface area contributed by atoms with Crippen molar-refractivity contribution in [2.24, 2.45) is 0 Å². The molecule has 1 aromatic heterocycles. The predicted molar refractivity (Wildman–Crippen MR) is 327 cm³/mol. The van der Waals surface area contributed by atoms with Crippen LogP contribution in [0.25, 0.3) is 49.4 Å². The second kappa shape index (κ2) is 16.3. The van der Waals surface area contributed by atoms with E-state index in [4.69, 9.17) is 0 Å². The number of aromatic nitrogens is 1. The molecule has 3 heterocycles. The summed E-state index contributed by atoms with van der Waals surface area (Å²) in [6.45, 7) is 40.2. The molecule has 0 atom stereocenters. The van der Waals surface area contributed by atoms with Crippen molar-refractivity contribution in [3.05, 3.63) is 178 Å². The Morgan fingerprint density at radius 2 is 1.00 bits per heavy atom. The second-order valence-electron chi connectivity index (χ2n) is 28.3. The van der Waals surface area contributed by atoms with Crippen molar-refractivity contribution in [3.63, 3.8) is 0 Å². The molecule has 0 saturated heterocycles. The molecule has 9 aromatic rings. The highest BCUT2D eigenvalue weighted by Crippen LogP contribution is 2.53. The molecule has 75 heavy (non-hydrogen) atoms. The third kappa shape index (κ3) is 7.73. The van der Waals surface area contributed by atoms with Gasteiger partial charge in [0.25, 0.3) is 0 Å². The van der Waals surface area contributed by atoms with Crippen LogP contribution in [-0.2, 0) is 32.5 Å². The molecule has 380 valence electrons. The predicted octanol–water partition coefficient (Wildman–Crippen LogP) is 18.5. The van der Waals surface area contributed by atoms with Gasteiger partial charge < -0.3 is 14.3 Å². The Morgan fingerprint density at radius 1 is 0.467 bits per heavy atom. The molecular weight excluding hydrogens is 906 g/mol. The molecule has 0 bridgehead atoms. The summed E-state index contributed by atoms with van der Waals surface area (Å²) < 4.78 is 2.67. The van der Waals surface area contributed by atoms with Crippen LogP contribution in [0.15, 0.2) is 140 Å². The Bertz CT molecular complexity index is 3760. The van der Waals surface area contributed by atoms with Gasteiger partial charge in [-0.2, -0.15) is 0 Å². The second-order valence-corrected chi connectivity index (χ2v) is 28.3. The van der Waals surface area contributed by atoms with E-state index in [0.29, 0.717) is 0 Å². The lowest BCUT2D eigenvalue weighted by Gasteiger charge is -2.46.